The van der Waals surface area contributed by atoms with Crippen molar-refractivity contribution in [3.8, 4) is 0 Å². The molecule has 5 rings (SSSR count). The van der Waals surface area contributed by atoms with Gasteiger partial charge in [-0.15, -0.1) is 0 Å². The number of carboxylic acid groups (broad SMARTS) is 2. The van der Waals surface area contributed by atoms with Crippen molar-refractivity contribution in [1.82, 2.24) is 19.9 Å². The predicted octanol–water partition coefficient (Wildman–Crippen LogP) is 2.59. The molecule has 0 aliphatic carbocycles. The van der Waals surface area contributed by atoms with Gasteiger partial charge in [0.1, 0.15) is 0 Å². The van der Waals surface area contributed by atoms with Gasteiger partial charge in [-0.05, 0) is 105 Å². The summed E-state index contributed by atoms with van der Waals surface area (Å²) in [7, 11) is 0. The minimum absolute atomic E-state index is 0.0217. The summed E-state index contributed by atoms with van der Waals surface area (Å²) in [6.45, 7) is 13.7. The topological polar surface area (TPSA) is 158 Å². The summed E-state index contributed by atoms with van der Waals surface area (Å²) < 4.78 is 0. The normalized spacial score (nSPS) is 13.0. The number of aromatic nitrogens is 4. The Morgan fingerprint density at radius 2 is 1.21 bits per heavy atom. The Kier molecular flexibility index (Phi) is 7.94. The summed E-state index contributed by atoms with van der Waals surface area (Å²) in [5, 5.41) is 33.0. The van der Waals surface area contributed by atoms with Crippen molar-refractivity contribution in [3.05, 3.63) is 95.3 Å². The second-order valence-corrected chi connectivity index (χ2v) is 11.3. The molecule has 4 aromatic heterocycles. The van der Waals surface area contributed by atoms with Crippen molar-refractivity contribution in [1.29, 1.82) is 0 Å². The summed E-state index contributed by atoms with van der Waals surface area (Å²) >= 11 is 0. The maximum absolute atomic E-state index is 11.6. The van der Waals surface area contributed by atoms with Crippen molar-refractivity contribution in [3.63, 3.8) is 0 Å². The van der Waals surface area contributed by atoms with Gasteiger partial charge in [-0.25, -0.2) is 0 Å². The quantitative estimate of drug-likeness (QED) is 0.150. The molecule has 0 fully saturated rings. The summed E-state index contributed by atoms with van der Waals surface area (Å²) in [5.41, 5.74) is 10.5. The largest absolute Gasteiger partial charge is 0.481 e. The van der Waals surface area contributed by atoms with E-state index in [-0.39, 0.29) is 12.8 Å². The zero-order valence-corrected chi connectivity index (χ0v) is 25.2. The summed E-state index contributed by atoms with van der Waals surface area (Å²) in [6.07, 6.45) is 9.68. The lowest BCUT2D eigenvalue weighted by Gasteiger charge is -2.05. The first-order chi connectivity index (χ1) is 20.4. The van der Waals surface area contributed by atoms with Crippen LogP contribution in [0.5, 0.6) is 0 Å². The molecule has 0 saturated carbocycles. The van der Waals surface area contributed by atoms with E-state index >= 15 is 0 Å². The van der Waals surface area contributed by atoms with Gasteiger partial charge in [-0.3, -0.25) is 9.59 Å². The number of aliphatic carboxylic acids is 2. The van der Waals surface area contributed by atoms with Gasteiger partial charge in [0.25, 0.3) is 0 Å². The lowest BCUT2D eigenvalue weighted by atomic mass is 10.0. The molecule has 7 N–H and O–H groups in total. The third-order valence-electron chi connectivity index (χ3n) is 8.59. The molecule has 0 aromatic carbocycles. The first-order valence-electron chi connectivity index (χ1n) is 14.4. The van der Waals surface area contributed by atoms with E-state index in [2.05, 4.69) is 26.5 Å². The van der Waals surface area contributed by atoms with Crippen molar-refractivity contribution in [2.24, 2.45) is 0 Å². The molecule has 224 valence electrons. The number of H-pyrrole nitrogens is 4. The smallest absolute Gasteiger partial charge is 0.303 e. The van der Waals surface area contributed by atoms with Crippen LogP contribution in [0.4, 0.5) is 0 Å². The maximum atomic E-state index is 11.6. The molecule has 1 aliphatic rings. The van der Waals surface area contributed by atoms with E-state index < -0.39 is 18.0 Å². The standard InChI is InChI=1S/C34H38N4O5/c1-7-21-16(2)26-14-31-34(20(6)39)19(5)27(38-31)12-24-17(3)22(8-10-32(40)41)29(36-24)15-30-23(9-11-33(42)43)18(4)25(37-30)13-28(21)35-26/h7,12-15,20,35-39H,1,8-11H2,2-6H3,(H,40,41)(H,42,43)/t20-/m0/s1. The second-order valence-electron chi connectivity index (χ2n) is 11.3. The van der Waals surface area contributed by atoms with Crippen LogP contribution in [0.2, 0.25) is 0 Å². The maximum Gasteiger partial charge on any atom is 0.303 e. The SMILES string of the molecule is C=Cc1c(C)c2[nH]c1=Cc1[nH]c(c(CCC(=O)O)c1C)C=c1[nH]c(c(C)c1CCC(=O)O)=Cc1[nH]c(c([C@H](C)O)c1C)C=2. The predicted molar refractivity (Wildman–Crippen MR) is 168 cm³/mol. The second kappa shape index (κ2) is 11.5. The number of fused-ring (bicyclic) bond motifs is 8. The molecule has 0 unspecified atom stereocenters. The zero-order valence-electron chi connectivity index (χ0n) is 25.2. The molecule has 0 saturated heterocycles. The average Bonchev–Trinajstić information content (AvgIpc) is 3.59. The van der Waals surface area contributed by atoms with E-state index in [9.17, 15) is 24.9 Å². The highest BCUT2D eigenvalue weighted by molar-refractivity contribution is 5.70. The van der Waals surface area contributed by atoms with Crippen molar-refractivity contribution >= 4 is 42.3 Å². The van der Waals surface area contributed by atoms with Gasteiger partial charge < -0.3 is 35.3 Å². The highest BCUT2D eigenvalue weighted by Crippen LogP contribution is 2.27. The van der Waals surface area contributed by atoms with Crippen LogP contribution in [0.25, 0.3) is 30.4 Å². The molecule has 0 spiro atoms. The first-order valence-corrected chi connectivity index (χ1v) is 14.4. The molecule has 9 nitrogen and oxygen atoms in total. The molecule has 5 heterocycles. The Hall–Kier alpha value is -4.76. The minimum atomic E-state index is -0.884. The van der Waals surface area contributed by atoms with Crippen LogP contribution in [0, 0.1) is 27.7 Å². The molecule has 1 aliphatic heterocycles. The molecule has 43 heavy (non-hydrogen) atoms. The van der Waals surface area contributed by atoms with Crippen LogP contribution in [0.3, 0.4) is 0 Å². The molecule has 0 amide bonds. The number of rotatable bonds is 8. The van der Waals surface area contributed by atoms with E-state index in [1.165, 1.54) is 0 Å². The molecule has 8 bridgehead atoms. The van der Waals surface area contributed by atoms with Crippen LogP contribution >= 0.6 is 0 Å². The van der Waals surface area contributed by atoms with Crippen molar-refractivity contribution in [2.75, 3.05) is 0 Å². The molecular weight excluding hydrogens is 544 g/mol. The lowest BCUT2D eigenvalue weighted by molar-refractivity contribution is -0.138. The van der Waals surface area contributed by atoms with Gasteiger partial charge in [0, 0.05) is 68.1 Å². The van der Waals surface area contributed by atoms with E-state index in [1.807, 2.05) is 58.1 Å². The Labute approximate surface area is 248 Å². The van der Waals surface area contributed by atoms with Gasteiger partial charge in [-0.2, -0.15) is 0 Å². The zero-order chi connectivity index (χ0) is 31.2. The molecule has 0 radical (unpaired) electrons. The Balaban J connectivity index is 1.93. The van der Waals surface area contributed by atoms with E-state index in [0.29, 0.717) is 12.8 Å². The number of nitrogens with one attached hydrogen (secondary N) is 4. The van der Waals surface area contributed by atoms with Crippen LogP contribution in [0.15, 0.2) is 6.58 Å². The number of carbonyl (C=O) groups is 2. The van der Waals surface area contributed by atoms with Gasteiger partial charge in [0.15, 0.2) is 0 Å². The van der Waals surface area contributed by atoms with Crippen LogP contribution < -0.4 is 21.4 Å². The molecular formula is C34H38N4O5. The number of aliphatic hydroxyl groups is 1. The van der Waals surface area contributed by atoms with E-state index in [4.69, 9.17) is 0 Å². The highest BCUT2D eigenvalue weighted by atomic mass is 16.4. The lowest BCUT2D eigenvalue weighted by Crippen LogP contribution is -2.14. The minimum Gasteiger partial charge on any atom is -0.481 e. The number of hydrogen-bond acceptors (Lipinski definition) is 3. The van der Waals surface area contributed by atoms with Crippen LogP contribution in [0.1, 0.15) is 93.2 Å². The summed E-state index contributed by atoms with van der Waals surface area (Å²) in [4.78, 5) is 37.2. The summed E-state index contributed by atoms with van der Waals surface area (Å²) in [6, 6.07) is 0. The van der Waals surface area contributed by atoms with Crippen molar-refractivity contribution < 1.29 is 24.9 Å². The highest BCUT2D eigenvalue weighted by Gasteiger charge is 2.19. The first kappa shape index (κ1) is 29.7. The van der Waals surface area contributed by atoms with Crippen LogP contribution in [-0.2, 0) is 22.4 Å². The Morgan fingerprint density at radius 1 is 0.698 bits per heavy atom. The fourth-order valence-electron chi connectivity index (χ4n) is 6.20. The monoisotopic (exact) mass is 582 g/mol. The Bertz CT molecular complexity index is 2030. The van der Waals surface area contributed by atoms with Gasteiger partial charge in [0.05, 0.1) is 6.10 Å². The van der Waals surface area contributed by atoms with Crippen molar-refractivity contribution in [2.45, 2.75) is 66.4 Å². The van der Waals surface area contributed by atoms with E-state index in [0.717, 1.165) is 88.7 Å². The number of hydrogen-bond donors (Lipinski definition) is 7. The number of carboxylic acids is 2. The van der Waals surface area contributed by atoms with Gasteiger partial charge in [-0.1, -0.05) is 12.7 Å². The van der Waals surface area contributed by atoms with Gasteiger partial charge in [0.2, 0.25) is 0 Å². The summed E-state index contributed by atoms with van der Waals surface area (Å²) in [5.74, 6) is -1.76. The Morgan fingerprint density at radius 3 is 1.84 bits per heavy atom. The molecule has 9 heteroatoms. The fourth-order valence-corrected chi connectivity index (χ4v) is 6.20. The molecule has 4 aromatic rings. The number of aliphatic hydroxyl groups excluding tert-OH is 1. The van der Waals surface area contributed by atoms with Gasteiger partial charge >= 0.3 is 11.9 Å². The fraction of sp³-hybridized carbons (Fsp3) is 0.294. The average molecular weight is 583 g/mol. The van der Waals surface area contributed by atoms with Crippen LogP contribution in [-0.4, -0.2) is 47.2 Å². The molecule has 1 atom stereocenters. The third kappa shape index (κ3) is 5.56. The third-order valence-corrected chi connectivity index (χ3v) is 8.59. The van der Waals surface area contributed by atoms with E-state index in [1.54, 1.807) is 6.92 Å². The number of aromatic amines is 4.